The van der Waals surface area contributed by atoms with Crippen LogP contribution in [-0.4, -0.2) is 12.2 Å². The van der Waals surface area contributed by atoms with E-state index >= 15 is 0 Å². The van der Waals surface area contributed by atoms with Crippen LogP contribution in [0.5, 0.6) is 0 Å². The molecule has 0 amide bonds. The number of thiocarbonyl (C=S) groups is 1. The topological polar surface area (TPSA) is 24.1 Å². The van der Waals surface area contributed by atoms with Crippen molar-refractivity contribution in [2.45, 2.75) is 0 Å². The maximum atomic E-state index is 12.9. The Morgan fingerprint density at radius 2 is 2.08 bits per heavy atom. The smallest absolute Gasteiger partial charge is 0.170 e. The summed E-state index contributed by atoms with van der Waals surface area (Å²) < 4.78 is 25.6. The van der Waals surface area contributed by atoms with Crippen molar-refractivity contribution in [1.29, 1.82) is 0 Å². The van der Waals surface area contributed by atoms with Crippen LogP contribution in [0.3, 0.4) is 0 Å². The largest absolute Gasteiger partial charge is 0.366 e. The summed E-state index contributed by atoms with van der Waals surface area (Å²) in [6.45, 7) is 0. The molecule has 0 aliphatic carbocycles. The quantitative estimate of drug-likeness (QED) is 0.680. The fourth-order valence-electron chi connectivity index (χ4n) is 0.778. The lowest BCUT2D eigenvalue weighted by atomic mass is 10.3. The van der Waals surface area contributed by atoms with Gasteiger partial charge in [0.15, 0.2) is 5.11 Å². The lowest BCUT2D eigenvalue weighted by Gasteiger charge is -2.07. The number of benzene rings is 1. The number of rotatable bonds is 1. The highest BCUT2D eigenvalue weighted by Gasteiger charge is 2.03. The normalized spacial score (nSPS) is 9.46. The van der Waals surface area contributed by atoms with Gasteiger partial charge in [-0.3, -0.25) is 0 Å². The summed E-state index contributed by atoms with van der Waals surface area (Å²) in [6.07, 6.45) is 0. The molecule has 0 aliphatic rings. The highest BCUT2D eigenvalue weighted by Crippen LogP contribution is 2.14. The molecule has 13 heavy (non-hydrogen) atoms. The van der Waals surface area contributed by atoms with Crippen LogP contribution in [0.1, 0.15) is 0 Å². The number of anilines is 1. The SMILES string of the molecule is CNC(=S)Nc1cc(F)ccc1F. The molecule has 0 saturated heterocycles. The molecule has 2 nitrogen and oxygen atoms in total. The van der Waals surface area contributed by atoms with Gasteiger partial charge in [0.2, 0.25) is 0 Å². The fraction of sp³-hybridized carbons (Fsp3) is 0.125. The lowest BCUT2D eigenvalue weighted by molar-refractivity contribution is 0.604. The van der Waals surface area contributed by atoms with Crippen molar-refractivity contribution in [2.24, 2.45) is 0 Å². The summed E-state index contributed by atoms with van der Waals surface area (Å²) in [5.41, 5.74) is 0.0272. The van der Waals surface area contributed by atoms with Crippen LogP contribution in [0.25, 0.3) is 0 Å². The van der Waals surface area contributed by atoms with Crippen molar-refractivity contribution < 1.29 is 8.78 Å². The van der Waals surface area contributed by atoms with Crippen molar-refractivity contribution in [3.8, 4) is 0 Å². The van der Waals surface area contributed by atoms with Gasteiger partial charge in [0.05, 0.1) is 5.69 Å². The third-order valence-electron chi connectivity index (χ3n) is 1.40. The van der Waals surface area contributed by atoms with E-state index in [1.165, 1.54) is 0 Å². The molecule has 0 fully saturated rings. The monoisotopic (exact) mass is 202 g/mol. The molecule has 0 atom stereocenters. The van der Waals surface area contributed by atoms with E-state index in [1.807, 2.05) is 0 Å². The predicted octanol–water partition coefficient (Wildman–Crippen LogP) is 1.88. The first kappa shape index (κ1) is 9.85. The zero-order chi connectivity index (χ0) is 9.84. The summed E-state index contributed by atoms with van der Waals surface area (Å²) in [5, 5.41) is 5.34. The Morgan fingerprint density at radius 1 is 1.38 bits per heavy atom. The van der Waals surface area contributed by atoms with E-state index in [-0.39, 0.29) is 10.8 Å². The van der Waals surface area contributed by atoms with Crippen molar-refractivity contribution in [3.05, 3.63) is 29.8 Å². The molecule has 0 aromatic heterocycles. The number of hydrogen-bond donors (Lipinski definition) is 2. The van der Waals surface area contributed by atoms with Crippen LogP contribution in [0.15, 0.2) is 18.2 Å². The van der Waals surface area contributed by atoms with Gasteiger partial charge in [-0.2, -0.15) is 0 Å². The zero-order valence-corrected chi connectivity index (χ0v) is 7.71. The van der Waals surface area contributed by atoms with Gasteiger partial charge in [-0.05, 0) is 24.4 Å². The van der Waals surface area contributed by atoms with Crippen LogP contribution in [-0.2, 0) is 0 Å². The summed E-state index contributed by atoms with van der Waals surface area (Å²) in [7, 11) is 1.59. The second kappa shape index (κ2) is 4.13. The maximum Gasteiger partial charge on any atom is 0.170 e. The molecule has 0 radical (unpaired) electrons. The Balaban J connectivity index is 2.87. The van der Waals surface area contributed by atoms with E-state index in [0.29, 0.717) is 0 Å². The van der Waals surface area contributed by atoms with E-state index in [4.69, 9.17) is 12.2 Å². The molecule has 0 aliphatic heterocycles. The van der Waals surface area contributed by atoms with Gasteiger partial charge < -0.3 is 10.6 Å². The highest BCUT2D eigenvalue weighted by atomic mass is 32.1. The van der Waals surface area contributed by atoms with E-state index in [0.717, 1.165) is 18.2 Å². The molecule has 1 aromatic carbocycles. The molecule has 5 heteroatoms. The first-order valence-electron chi connectivity index (χ1n) is 3.57. The van der Waals surface area contributed by atoms with Crippen molar-refractivity contribution >= 4 is 23.0 Å². The summed E-state index contributed by atoms with van der Waals surface area (Å²) in [5.74, 6) is -1.05. The molecule has 0 bridgehead atoms. The molecular weight excluding hydrogens is 194 g/mol. The van der Waals surface area contributed by atoms with Gasteiger partial charge in [0.1, 0.15) is 11.6 Å². The van der Waals surface area contributed by atoms with Crippen molar-refractivity contribution in [1.82, 2.24) is 5.32 Å². The Hall–Kier alpha value is -1.23. The summed E-state index contributed by atoms with van der Waals surface area (Å²) in [4.78, 5) is 0. The van der Waals surface area contributed by atoms with Gasteiger partial charge in [-0.15, -0.1) is 0 Å². The molecule has 70 valence electrons. The Morgan fingerprint density at radius 3 is 2.69 bits per heavy atom. The first-order chi connectivity index (χ1) is 6.13. The number of nitrogens with one attached hydrogen (secondary N) is 2. The van der Waals surface area contributed by atoms with E-state index in [9.17, 15) is 8.78 Å². The maximum absolute atomic E-state index is 12.9. The third kappa shape index (κ3) is 2.62. The fourth-order valence-corrected chi connectivity index (χ4v) is 0.888. The van der Waals surface area contributed by atoms with Gasteiger partial charge in [-0.25, -0.2) is 8.78 Å². The molecule has 1 rings (SSSR count). The summed E-state index contributed by atoms with van der Waals surface area (Å²) >= 11 is 4.73. The Kier molecular flexibility index (Phi) is 3.13. The van der Waals surface area contributed by atoms with Crippen LogP contribution >= 0.6 is 12.2 Å². The Bertz CT molecular complexity index is 328. The average molecular weight is 202 g/mol. The number of hydrogen-bond acceptors (Lipinski definition) is 1. The third-order valence-corrected chi connectivity index (χ3v) is 1.71. The molecule has 1 aromatic rings. The van der Waals surface area contributed by atoms with Gasteiger partial charge in [-0.1, -0.05) is 0 Å². The van der Waals surface area contributed by atoms with Gasteiger partial charge in [0, 0.05) is 13.1 Å². The molecule has 2 N–H and O–H groups in total. The predicted molar refractivity (Wildman–Crippen MR) is 51.6 cm³/mol. The van der Waals surface area contributed by atoms with E-state index in [1.54, 1.807) is 7.05 Å². The molecular formula is C8H8F2N2S. The molecule has 0 heterocycles. The standard InChI is InChI=1S/C8H8F2N2S/c1-11-8(13)12-7-4-5(9)2-3-6(7)10/h2-4H,1H3,(H2,11,12,13). The summed E-state index contributed by atoms with van der Waals surface area (Å²) in [6, 6.07) is 3.12. The highest BCUT2D eigenvalue weighted by molar-refractivity contribution is 7.80. The first-order valence-corrected chi connectivity index (χ1v) is 3.98. The van der Waals surface area contributed by atoms with Crippen LogP contribution in [0.2, 0.25) is 0 Å². The zero-order valence-electron chi connectivity index (χ0n) is 6.90. The second-order valence-electron chi connectivity index (χ2n) is 2.33. The minimum atomic E-state index is -0.543. The van der Waals surface area contributed by atoms with Crippen molar-refractivity contribution in [3.63, 3.8) is 0 Å². The molecule has 0 saturated carbocycles. The van der Waals surface area contributed by atoms with E-state index < -0.39 is 11.6 Å². The van der Waals surface area contributed by atoms with Crippen LogP contribution in [0, 0.1) is 11.6 Å². The van der Waals surface area contributed by atoms with Crippen LogP contribution in [0.4, 0.5) is 14.5 Å². The van der Waals surface area contributed by atoms with Crippen LogP contribution < -0.4 is 10.6 Å². The van der Waals surface area contributed by atoms with E-state index in [2.05, 4.69) is 10.6 Å². The van der Waals surface area contributed by atoms with Gasteiger partial charge in [0.25, 0.3) is 0 Å². The Labute approximate surface area is 80.0 Å². The minimum absolute atomic E-state index is 0.0272. The minimum Gasteiger partial charge on any atom is -0.366 e. The lowest BCUT2D eigenvalue weighted by Crippen LogP contribution is -2.24. The second-order valence-corrected chi connectivity index (χ2v) is 2.74. The van der Waals surface area contributed by atoms with Crippen molar-refractivity contribution in [2.75, 3.05) is 12.4 Å². The average Bonchev–Trinajstić information content (AvgIpc) is 2.11. The number of halogens is 2. The molecule has 0 spiro atoms. The van der Waals surface area contributed by atoms with Gasteiger partial charge >= 0.3 is 0 Å². The molecule has 0 unspecified atom stereocenters.